The molecule has 0 spiro atoms. The fourth-order valence-corrected chi connectivity index (χ4v) is 5.66. The van der Waals surface area contributed by atoms with Crippen molar-refractivity contribution in [3.05, 3.63) is 36.0 Å². The van der Waals surface area contributed by atoms with E-state index in [1.54, 1.807) is 11.8 Å². The van der Waals surface area contributed by atoms with Gasteiger partial charge in [0.1, 0.15) is 0 Å². The summed E-state index contributed by atoms with van der Waals surface area (Å²) >= 11 is 1.55. The number of amides is 1. The summed E-state index contributed by atoms with van der Waals surface area (Å²) < 4.78 is 0. The molecule has 3 N–H and O–H groups in total. The fraction of sp³-hybridized carbons (Fsp3) is 0.583. The Morgan fingerprint density at radius 3 is 2.81 bits per heavy atom. The average molecular weight is 457 g/mol. The van der Waals surface area contributed by atoms with Gasteiger partial charge in [0, 0.05) is 56.2 Å². The molecule has 1 aromatic carbocycles. The van der Waals surface area contributed by atoms with E-state index in [-0.39, 0.29) is 11.9 Å². The first-order valence-corrected chi connectivity index (χ1v) is 12.7. The molecule has 2 aromatic rings. The summed E-state index contributed by atoms with van der Waals surface area (Å²) in [6.45, 7) is 7.60. The van der Waals surface area contributed by atoms with Gasteiger partial charge in [0.05, 0.1) is 11.1 Å². The van der Waals surface area contributed by atoms with Crippen molar-refractivity contribution < 1.29 is 4.79 Å². The normalized spacial score (nSPS) is 21.2. The summed E-state index contributed by atoms with van der Waals surface area (Å²) in [5.74, 6) is -0.297. The van der Waals surface area contributed by atoms with Gasteiger partial charge >= 0.3 is 0 Å². The van der Waals surface area contributed by atoms with Gasteiger partial charge in [-0.15, -0.1) is 0 Å². The van der Waals surface area contributed by atoms with E-state index in [0.717, 1.165) is 75.4 Å². The van der Waals surface area contributed by atoms with E-state index >= 15 is 0 Å². The van der Waals surface area contributed by atoms with Gasteiger partial charge in [0.25, 0.3) is 5.91 Å². The van der Waals surface area contributed by atoms with Crippen molar-refractivity contribution in [2.45, 2.75) is 50.4 Å². The number of benzene rings is 1. The highest BCUT2D eigenvalue weighted by Crippen LogP contribution is 2.33. The van der Waals surface area contributed by atoms with E-state index in [9.17, 15) is 4.79 Å². The number of hydrazone groups is 1. The molecule has 3 heterocycles. The number of rotatable bonds is 10. The topological polar surface area (TPSA) is 81.0 Å². The predicted molar refractivity (Wildman–Crippen MR) is 134 cm³/mol. The van der Waals surface area contributed by atoms with Crippen LogP contribution in [0.1, 0.15) is 38.2 Å². The number of aromatic amines is 1. The third-order valence-corrected chi connectivity index (χ3v) is 7.82. The lowest BCUT2D eigenvalue weighted by molar-refractivity contribution is -0.120. The third kappa shape index (κ3) is 5.47. The number of H-pyrrole nitrogens is 1. The maximum absolute atomic E-state index is 12.4. The maximum Gasteiger partial charge on any atom is 0.252 e. The standard InChI is InChI=1S/C24H36N6OS/c1-3-4-7-19(16-18-17-26-21-9-6-5-8-20(18)21)30-24(23(25)31)32-22(27-30)10-11-29-14-12-28(2)13-15-29/h5-6,8-9,17,19,24,26H,3-4,7,10-16H2,1-2H3,(H2,25,31). The summed E-state index contributed by atoms with van der Waals surface area (Å²) in [4.78, 5) is 20.6. The number of piperazine rings is 1. The number of carbonyl (C=O) groups excluding carboxylic acids is 1. The molecule has 0 saturated carbocycles. The van der Waals surface area contributed by atoms with Gasteiger partial charge in [-0.1, -0.05) is 49.7 Å². The molecule has 2 atom stereocenters. The molecule has 2 unspecified atom stereocenters. The van der Waals surface area contributed by atoms with Gasteiger partial charge in [-0.3, -0.25) is 9.80 Å². The minimum absolute atomic E-state index is 0.153. The Bertz CT molecular complexity index is 935. The van der Waals surface area contributed by atoms with Gasteiger partial charge in [-0.25, -0.2) is 0 Å². The van der Waals surface area contributed by atoms with Crippen molar-refractivity contribution in [2.75, 3.05) is 39.8 Å². The highest BCUT2D eigenvalue weighted by atomic mass is 32.2. The molecular formula is C24H36N6OS. The third-order valence-electron chi connectivity index (χ3n) is 6.59. The van der Waals surface area contributed by atoms with Crippen molar-refractivity contribution in [2.24, 2.45) is 10.8 Å². The Hall–Kier alpha value is -2.03. The molecule has 2 aliphatic rings. The Morgan fingerprint density at radius 1 is 1.28 bits per heavy atom. The number of aromatic nitrogens is 1. The van der Waals surface area contributed by atoms with Crippen LogP contribution in [0.2, 0.25) is 0 Å². The van der Waals surface area contributed by atoms with Crippen LogP contribution in [-0.2, 0) is 11.2 Å². The molecule has 0 bridgehead atoms. The lowest BCUT2D eigenvalue weighted by Gasteiger charge is -2.32. The van der Waals surface area contributed by atoms with Crippen LogP contribution in [-0.4, -0.2) is 81.9 Å². The highest BCUT2D eigenvalue weighted by Gasteiger charge is 2.36. The number of thioether (sulfide) groups is 1. The molecule has 1 saturated heterocycles. The summed E-state index contributed by atoms with van der Waals surface area (Å²) in [5, 5.41) is 8.86. The zero-order chi connectivity index (χ0) is 22.5. The number of likely N-dealkylation sites (N-methyl/N-ethyl adjacent to an activating group) is 1. The zero-order valence-corrected chi connectivity index (χ0v) is 20.1. The van der Waals surface area contributed by atoms with Gasteiger partial charge in [-0.2, -0.15) is 5.10 Å². The molecule has 1 fully saturated rings. The van der Waals surface area contributed by atoms with Gasteiger partial charge in [-0.05, 0) is 31.5 Å². The monoisotopic (exact) mass is 456 g/mol. The lowest BCUT2D eigenvalue weighted by atomic mass is 10.00. The van der Waals surface area contributed by atoms with E-state index in [1.807, 2.05) is 11.1 Å². The fourth-order valence-electron chi connectivity index (χ4n) is 4.61. The van der Waals surface area contributed by atoms with Gasteiger partial charge < -0.3 is 20.5 Å². The van der Waals surface area contributed by atoms with Crippen molar-refractivity contribution >= 4 is 33.6 Å². The number of nitrogens with two attached hydrogens (primary N) is 1. The number of unbranched alkanes of at least 4 members (excludes halogenated alkanes) is 1. The second kappa shape index (κ2) is 10.7. The maximum atomic E-state index is 12.4. The summed E-state index contributed by atoms with van der Waals surface area (Å²) in [6, 6.07) is 8.54. The Labute approximate surface area is 195 Å². The van der Waals surface area contributed by atoms with Crippen LogP contribution in [0.3, 0.4) is 0 Å². The summed E-state index contributed by atoms with van der Waals surface area (Å²) in [6.07, 6.45) is 7.05. The van der Waals surface area contributed by atoms with E-state index in [0.29, 0.717) is 0 Å². The quantitative estimate of drug-likeness (QED) is 0.574. The summed E-state index contributed by atoms with van der Waals surface area (Å²) in [5.41, 5.74) is 8.26. The number of nitrogens with one attached hydrogen (secondary N) is 1. The Balaban J connectivity index is 1.49. The largest absolute Gasteiger partial charge is 0.367 e. The number of hydrogen-bond acceptors (Lipinski definition) is 6. The number of hydrogen-bond donors (Lipinski definition) is 2. The molecule has 7 nitrogen and oxygen atoms in total. The molecule has 8 heteroatoms. The SMILES string of the molecule is CCCCC(Cc1c[nH]c2ccccc12)N1N=C(CCN2CCN(C)CC2)SC1C(N)=O. The summed E-state index contributed by atoms with van der Waals surface area (Å²) in [7, 11) is 2.17. The van der Waals surface area contributed by atoms with Crippen molar-refractivity contribution in [3.63, 3.8) is 0 Å². The van der Waals surface area contributed by atoms with Crippen LogP contribution in [0, 0.1) is 0 Å². The lowest BCUT2D eigenvalue weighted by Crippen LogP contribution is -2.44. The second-order valence-corrected chi connectivity index (χ2v) is 10.2. The molecule has 0 aliphatic carbocycles. The first-order chi connectivity index (χ1) is 15.5. The van der Waals surface area contributed by atoms with E-state index in [1.165, 1.54) is 10.9 Å². The molecule has 1 amide bonds. The van der Waals surface area contributed by atoms with Crippen LogP contribution < -0.4 is 5.73 Å². The minimum atomic E-state index is -0.412. The number of carbonyl (C=O) groups is 1. The number of primary amides is 1. The predicted octanol–water partition coefficient (Wildman–Crippen LogP) is 3.08. The first-order valence-electron chi connectivity index (χ1n) is 11.8. The molecule has 174 valence electrons. The van der Waals surface area contributed by atoms with Crippen LogP contribution in [0.15, 0.2) is 35.6 Å². The second-order valence-electron chi connectivity index (χ2n) is 9.00. The molecular weight excluding hydrogens is 420 g/mol. The number of fused-ring (bicyclic) bond motifs is 1. The van der Waals surface area contributed by atoms with Gasteiger partial charge in [0.2, 0.25) is 0 Å². The zero-order valence-electron chi connectivity index (χ0n) is 19.3. The van der Waals surface area contributed by atoms with E-state index in [4.69, 9.17) is 10.8 Å². The van der Waals surface area contributed by atoms with Crippen molar-refractivity contribution in [1.29, 1.82) is 0 Å². The van der Waals surface area contributed by atoms with Crippen molar-refractivity contribution in [1.82, 2.24) is 19.8 Å². The van der Waals surface area contributed by atoms with Crippen LogP contribution >= 0.6 is 11.8 Å². The molecule has 1 aromatic heterocycles. The first kappa shape index (κ1) is 23.1. The number of para-hydroxylation sites is 1. The van der Waals surface area contributed by atoms with Gasteiger partial charge in [0.15, 0.2) is 5.37 Å². The number of nitrogens with zero attached hydrogens (tertiary/aromatic N) is 4. The van der Waals surface area contributed by atoms with E-state index in [2.05, 4.69) is 53.2 Å². The Morgan fingerprint density at radius 2 is 2.06 bits per heavy atom. The highest BCUT2D eigenvalue weighted by molar-refractivity contribution is 8.15. The Kier molecular flexibility index (Phi) is 7.75. The average Bonchev–Trinajstić information content (AvgIpc) is 3.41. The van der Waals surface area contributed by atoms with Crippen molar-refractivity contribution in [3.8, 4) is 0 Å². The molecule has 0 radical (unpaired) electrons. The van der Waals surface area contributed by atoms with Crippen LogP contribution in [0.4, 0.5) is 0 Å². The molecule has 32 heavy (non-hydrogen) atoms. The minimum Gasteiger partial charge on any atom is -0.367 e. The van der Waals surface area contributed by atoms with E-state index < -0.39 is 5.37 Å². The smallest absolute Gasteiger partial charge is 0.252 e. The van der Waals surface area contributed by atoms with Crippen LogP contribution in [0.25, 0.3) is 10.9 Å². The van der Waals surface area contributed by atoms with Crippen LogP contribution in [0.5, 0.6) is 0 Å². The molecule has 4 rings (SSSR count). The molecule has 2 aliphatic heterocycles.